The number of rotatable bonds is 4. The maximum atomic E-state index is 4.94. The summed E-state index contributed by atoms with van der Waals surface area (Å²) in [5.41, 5.74) is 10.4. The molecular formula is C28H20Al2Cl8Ti. The van der Waals surface area contributed by atoms with Crippen molar-refractivity contribution in [1.29, 1.82) is 0 Å². The zero-order chi connectivity index (χ0) is 28.6. The van der Waals surface area contributed by atoms with Crippen molar-refractivity contribution in [2.75, 3.05) is 0 Å². The summed E-state index contributed by atoms with van der Waals surface area (Å²) in [6.45, 7) is 0. The van der Waals surface area contributed by atoms with Gasteiger partial charge in [0.05, 0.1) is 0 Å². The van der Waals surface area contributed by atoms with Gasteiger partial charge in [-0.1, -0.05) is 121 Å². The molecule has 0 saturated carbocycles. The number of hydrogen-bond acceptors (Lipinski definition) is 0. The van der Waals surface area contributed by atoms with E-state index >= 15 is 0 Å². The third-order valence-corrected chi connectivity index (χ3v) is 5.25. The topological polar surface area (TPSA) is 0 Å². The van der Waals surface area contributed by atoms with E-state index in [1.807, 2.05) is 0 Å². The van der Waals surface area contributed by atoms with Gasteiger partial charge in [-0.25, -0.2) is 60.3 Å². The molecule has 11 heteroatoms. The van der Waals surface area contributed by atoms with E-state index in [4.69, 9.17) is 78.9 Å². The Morgan fingerprint density at radius 3 is 0.590 bits per heavy atom. The van der Waals surface area contributed by atoms with Crippen LogP contribution in [-0.2, 0) is 17.0 Å². The van der Waals surface area contributed by atoms with Gasteiger partial charge < -0.3 is 0 Å². The van der Waals surface area contributed by atoms with Crippen molar-refractivity contribution in [3.05, 3.63) is 144 Å². The monoisotopic (exact) mass is 738 g/mol. The van der Waals surface area contributed by atoms with Gasteiger partial charge in [0, 0.05) is 0 Å². The molecule has 4 aromatic rings. The first-order valence-electron chi connectivity index (χ1n) is 11.3. The van der Waals surface area contributed by atoms with Crippen LogP contribution in [0.2, 0.25) is 0 Å². The summed E-state index contributed by atoms with van der Waals surface area (Å²) in [7, 11) is 39.4. The maximum absolute atomic E-state index is 4.94. The summed E-state index contributed by atoms with van der Waals surface area (Å²) in [6.07, 6.45) is 0. The number of hydrogen-bond donors (Lipinski definition) is 0. The Balaban J connectivity index is 0.000000418. The summed E-state index contributed by atoms with van der Waals surface area (Å²) >= 11 is -4.00. The largest absolute Gasteiger partial charge is 0.0622 e. The van der Waals surface area contributed by atoms with Crippen LogP contribution in [-0.4, -0.2) is 22.8 Å². The van der Waals surface area contributed by atoms with E-state index in [1.165, 1.54) is 44.5 Å². The van der Waals surface area contributed by atoms with Crippen molar-refractivity contribution in [3.8, 4) is 0 Å². The maximum Gasteiger partial charge on any atom is -0.00139 e. The molecule has 0 heterocycles. The van der Waals surface area contributed by atoms with Crippen LogP contribution in [0.15, 0.2) is 121 Å². The first-order valence-corrected chi connectivity index (χ1v) is 26.1. The third-order valence-electron chi connectivity index (χ3n) is 5.25. The fourth-order valence-corrected chi connectivity index (χ4v) is 4.01. The Labute approximate surface area is 281 Å². The Bertz CT molecular complexity index is 1090. The zero-order valence-corrected chi connectivity index (χ0v) is 30.1. The van der Waals surface area contributed by atoms with Gasteiger partial charge in [-0.15, -0.1) is 0 Å². The van der Waals surface area contributed by atoms with Gasteiger partial charge in [0.15, 0.2) is 0 Å². The van der Waals surface area contributed by atoms with E-state index in [-0.39, 0.29) is 0 Å². The molecule has 0 spiro atoms. The van der Waals surface area contributed by atoms with E-state index in [0.29, 0.717) is 0 Å². The van der Waals surface area contributed by atoms with Crippen LogP contribution in [0.3, 0.4) is 0 Å². The van der Waals surface area contributed by atoms with Crippen LogP contribution in [0.1, 0.15) is 22.3 Å². The van der Waals surface area contributed by atoms with Gasteiger partial charge >= 0.3 is 58.4 Å². The Morgan fingerprint density at radius 1 is 0.333 bits per heavy atom. The predicted octanol–water partition coefficient (Wildman–Crippen LogP) is 12.0. The average molecular weight is 742 g/mol. The molecule has 0 fully saturated rings. The molecule has 0 bridgehead atoms. The second kappa shape index (κ2) is 20.4. The minimum absolute atomic E-state index is 0.556. The second-order valence-electron chi connectivity index (χ2n) is 7.53. The van der Waals surface area contributed by atoms with Crippen LogP contribution in [0, 0.1) is 0 Å². The molecular weight excluding hydrogens is 722 g/mol. The molecule has 5 rings (SSSR count). The van der Waals surface area contributed by atoms with Crippen molar-refractivity contribution in [3.63, 3.8) is 0 Å². The summed E-state index contributed by atoms with van der Waals surface area (Å²) < 4.78 is 0. The van der Waals surface area contributed by atoms with E-state index in [1.54, 1.807) is 0 Å². The van der Waals surface area contributed by atoms with Crippen molar-refractivity contribution >= 4 is 124 Å². The van der Waals surface area contributed by atoms with Crippen LogP contribution in [0.25, 0.3) is 22.3 Å². The second-order valence-corrected chi connectivity index (χ2v) is 23.0. The molecule has 0 unspecified atom stereocenters. The first kappa shape index (κ1) is 35.7. The molecule has 4 aromatic carbocycles. The molecule has 0 nitrogen and oxygen atoms in total. The molecule has 0 N–H and O–H groups in total. The van der Waals surface area contributed by atoms with Crippen molar-refractivity contribution in [2.24, 2.45) is 0 Å². The van der Waals surface area contributed by atoms with E-state index in [9.17, 15) is 0 Å². The molecule has 0 aromatic heterocycles. The molecule has 1 aliphatic rings. The van der Waals surface area contributed by atoms with Crippen LogP contribution >= 0.6 is 78.9 Å². The first-order chi connectivity index (χ1) is 18.8. The van der Waals surface area contributed by atoms with Crippen molar-refractivity contribution in [1.82, 2.24) is 0 Å². The predicted molar refractivity (Wildman–Crippen MR) is 178 cm³/mol. The van der Waals surface area contributed by atoms with Gasteiger partial charge in [-0.05, 0) is 44.5 Å². The van der Waals surface area contributed by atoms with Crippen molar-refractivity contribution < 1.29 is 17.0 Å². The van der Waals surface area contributed by atoms with Gasteiger partial charge in [0.2, 0.25) is 0 Å². The fraction of sp³-hybridized carbons (Fsp3) is 0. The van der Waals surface area contributed by atoms with Gasteiger partial charge in [-0.2, -0.15) is 0 Å². The van der Waals surface area contributed by atoms with Crippen molar-refractivity contribution in [2.45, 2.75) is 0 Å². The molecule has 0 saturated heterocycles. The number of halogens is 8. The van der Waals surface area contributed by atoms with Crippen LogP contribution in [0.5, 0.6) is 0 Å². The van der Waals surface area contributed by atoms with Gasteiger partial charge in [0.1, 0.15) is 0 Å². The Kier molecular flexibility index (Phi) is 18.6. The minimum atomic E-state index is -1.72. The summed E-state index contributed by atoms with van der Waals surface area (Å²) in [5.74, 6) is 0. The van der Waals surface area contributed by atoms with E-state index < -0.39 is 39.8 Å². The Morgan fingerprint density at radius 2 is 0.462 bits per heavy atom. The SMILES string of the molecule is [Cl][Al]([Cl])[Cl].[Cl][Al]([Cl])[Cl].[Cl][Ti][Cl].c1ccc(C2=C(c3ccccc3)C(c3ccccc3)=C2c2ccccc2)cc1. The minimum Gasteiger partial charge on any atom is -0.0622 e. The smallest absolute Gasteiger partial charge is 0.00139 e. The van der Waals surface area contributed by atoms with E-state index in [2.05, 4.69) is 121 Å². The van der Waals surface area contributed by atoms with Crippen LogP contribution in [0.4, 0.5) is 0 Å². The summed E-state index contributed by atoms with van der Waals surface area (Å²) in [5, 5.41) is 0. The number of allylic oxidation sites excluding steroid dienone is 4. The molecule has 198 valence electrons. The Hall–Kier alpha value is 0.459. The molecule has 0 radical (unpaired) electrons. The third kappa shape index (κ3) is 12.3. The average Bonchev–Trinajstić information content (AvgIpc) is 2.91. The molecule has 39 heavy (non-hydrogen) atoms. The zero-order valence-electron chi connectivity index (χ0n) is 20.2. The summed E-state index contributed by atoms with van der Waals surface area (Å²) in [4.78, 5) is 0. The summed E-state index contributed by atoms with van der Waals surface area (Å²) in [6, 6.07) is 43.0. The standard InChI is InChI=1S/C28H20.2Al.8ClH.Ti/c1-5-13-21(14-6-1)25-26(22-15-7-2-8-16-22)28(24-19-11-4-12-20-24)27(25)23-17-9-3-10-18-23;;;;;;;;;;;/h1-20H;;;8*1H;/q;2*+3;;;;;;;;;+2/p-8. The van der Waals surface area contributed by atoms with E-state index in [0.717, 1.165) is 0 Å². The van der Waals surface area contributed by atoms with Crippen LogP contribution < -0.4 is 0 Å². The normalized spacial score (nSPS) is 11.4. The van der Waals surface area contributed by atoms with Gasteiger partial charge in [-0.3, -0.25) is 0 Å². The molecule has 1 aliphatic carbocycles. The van der Waals surface area contributed by atoms with Gasteiger partial charge in [0.25, 0.3) is 0 Å². The number of benzene rings is 4. The fourth-order valence-electron chi connectivity index (χ4n) is 4.01. The molecule has 0 amide bonds. The molecule has 0 atom stereocenters. The molecule has 0 aliphatic heterocycles. The quantitative estimate of drug-likeness (QED) is 0.183.